The molecule has 1 fully saturated rings. The molecule has 1 amide bonds. The monoisotopic (exact) mass is 248 g/mol. The summed E-state index contributed by atoms with van der Waals surface area (Å²) in [5.41, 5.74) is 1.92. The van der Waals surface area contributed by atoms with E-state index in [4.69, 9.17) is 0 Å². The van der Waals surface area contributed by atoms with Crippen LogP contribution in [0.2, 0.25) is 0 Å². The minimum atomic E-state index is -0.00958. The fourth-order valence-electron chi connectivity index (χ4n) is 2.40. The molecule has 2 N–H and O–H groups in total. The highest BCUT2D eigenvalue weighted by Gasteiger charge is 2.25. The number of aliphatic hydroxyl groups excluding tert-OH is 1. The lowest BCUT2D eigenvalue weighted by molar-refractivity contribution is -0.117. The predicted molar refractivity (Wildman–Crippen MR) is 71.5 cm³/mol. The molecule has 1 aromatic rings. The molecule has 0 unspecified atom stereocenters. The number of carbonyl (C=O) groups excluding carboxylic acids is 1. The van der Waals surface area contributed by atoms with Crippen LogP contribution in [0.5, 0.6) is 0 Å². The third kappa shape index (κ3) is 3.09. The van der Waals surface area contributed by atoms with Gasteiger partial charge in [-0.1, -0.05) is 18.2 Å². The van der Waals surface area contributed by atoms with Crippen LogP contribution < -0.4 is 5.32 Å². The smallest absolute Gasteiger partial charge is 0.238 e. The van der Waals surface area contributed by atoms with E-state index in [0.717, 1.165) is 30.6 Å². The van der Waals surface area contributed by atoms with Gasteiger partial charge in [0.25, 0.3) is 0 Å². The van der Waals surface area contributed by atoms with E-state index < -0.39 is 0 Å². The van der Waals surface area contributed by atoms with E-state index >= 15 is 0 Å². The van der Waals surface area contributed by atoms with Gasteiger partial charge in [0.05, 0.1) is 13.2 Å². The summed E-state index contributed by atoms with van der Waals surface area (Å²) < 4.78 is 0. The number of para-hydroxylation sites is 1. The Hall–Kier alpha value is -1.39. The number of amides is 1. The maximum atomic E-state index is 11.9. The van der Waals surface area contributed by atoms with E-state index in [1.165, 1.54) is 0 Å². The van der Waals surface area contributed by atoms with Crippen LogP contribution in [0, 0.1) is 6.92 Å². The number of aliphatic hydroxyl groups is 1. The van der Waals surface area contributed by atoms with Crippen molar-refractivity contribution in [2.75, 3.05) is 25.0 Å². The summed E-state index contributed by atoms with van der Waals surface area (Å²) in [5, 5.41) is 12.1. The van der Waals surface area contributed by atoms with Gasteiger partial charge in [-0.3, -0.25) is 9.69 Å². The van der Waals surface area contributed by atoms with Crippen molar-refractivity contribution in [3.05, 3.63) is 29.8 Å². The Morgan fingerprint density at radius 3 is 3.00 bits per heavy atom. The van der Waals surface area contributed by atoms with Crippen LogP contribution >= 0.6 is 0 Å². The van der Waals surface area contributed by atoms with Gasteiger partial charge in [0.2, 0.25) is 5.91 Å². The molecule has 0 spiro atoms. The van der Waals surface area contributed by atoms with Crippen molar-refractivity contribution in [1.82, 2.24) is 4.90 Å². The van der Waals surface area contributed by atoms with Crippen molar-refractivity contribution in [3.8, 4) is 0 Å². The number of benzene rings is 1. The van der Waals surface area contributed by atoms with E-state index in [9.17, 15) is 9.90 Å². The lowest BCUT2D eigenvalue weighted by Crippen LogP contribution is -2.38. The molecule has 1 aliphatic heterocycles. The van der Waals surface area contributed by atoms with Gasteiger partial charge in [0.15, 0.2) is 0 Å². The van der Waals surface area contributed by atoms with E-state index in [2.05, 4.69) is 5.32 Å². The van der Waals surface area contributed by atoms with Gasteiger partial charge in [-0.2, -0.15) is 0 Å². The Morgan fingerprint density at radius 2 is 2.28 bits per heavy atom. The van der Waals surface area contributed by atoms with Crippen molar-refractivity contribution in [2.24, 2.45) is 0 Å². The lowest BCUT2D eigenvalue weighted by Gasteiger charge is -2.22. The van der Waals surface area contributed by atoms with Gasteiger partial charge >= 0.3 is 0 Å². The van der Waals surface area contributed by atoms with Crippen LogP contribution in [-0.2, 0) is 4.79 Å². The minimum Gasteiger partial charge on any atom is -0.395 e. The van der Waals surface area contributed by atoms with Gasteiger partial charge in [-0.25, -0.2) is 0 Å². The topological polar surface area (TPSA) is 52.6 Å². The Labute approximate surface area is 108 Å². The standard InChI is InChI=1S/C14H20N2O2/c1-11-5-2-3-7-13(11)15-14(18)9-16-8-4-6-12(16)10-17/h2-3,5,7,12,17H,4,6,8-10H2,1H3,(H,15,18)/t12-/m1/s1. The molecule has 1 aliphatic rings. The maximum absolute atomic E-state index is 11.9. The lowest BCUT2D eigenvalue weighted by atomic mass is 10.2. The largest absolute Gasteiger partial charge is 0.395 e. The van der Waals surface area contributed by atoms with Crippen LogP contribution in [0.1, 0.15) is 18.4 Å². The first-order valence-corrected chi connectivity index (χ1v) is 6.41. The average molecular weight is 248 g/mol. The van der Waals surface area contributed by atoms with Crippen LogP contribution in [0.3, 0.4) is 0 Å². The zero-order chi connectivity index (χ0) is 13.0. The first kappa shape index (κ1) is 13.1. The van der Waals surface area contributed by atoms with Crippen molar-refractivity contribution >= 4 is 11.6 Å². The maximum Gasteiger partial charge on any atom is 0.238 e. The molecular weight excluding hydrogens is 228 g/mol. The second-order valence-electron chi connectivity index (χ2n) is 4.81. The van der Waals surface area contributed by atoms with Gasteiger partial charge in [-0.15, -0.1) is 0 Å². The summed E-state index contributed by atoms with van der Waals surface area (Å²) in [6.07, 6.45) is 2.04. The molecule has 18 heavy (non-hydrogen) atoms. The fourth-order valence-corrected chi connectivity index (χ4v) is 2.40. The van der Waals surface area contributed by atoms with Gasteiger partial charge in [0, 0.05) is 11.7 Å². The number of carbonyl (C=O) groups is 1. The quantitative estimate of drug-likeness (QED) is 0.846. The molecule has 0 aliphatic carbocycles. The van der Waals surface area contributed by atoms with Crippen LogP contribution in [0.15, 0.2) is 24.3 Å². The summed E-state index contributed by atoms with van der Waals surface area (Å²) in [4.78, 5) is 14.0. The molecule has 98 valence electrons. The Bertz CT molecular complexity index is 420. The van der Waals surface area contributed by atoms with Crippen LogP contribution in [0.4, 0.5) is 5.69 Å². The molecule has 0 saturated carbocycles. The minimum absolute atomic E-state index is 0.00958. The Morgan fingerprint density at radius 1 is 1.50 bits per heavy atom. The molecule has 0 radical (unpaired) electrons. The number of anilines is 1. The van der Waals surface area contributed by atoms with E-state index in [0.29, 0.717) is 6.54 Å². The van der Waals surface area contributed by atoms with Crippen molar-refractivity contribution in [1.29, 1.82) is 0 Å². The number of hydrogen-bond acceptors (Lipinski definition) is 3. The van der Waals surface area contributed by atoms with Crippen molar-refractivity contribution < 1.29 is 9.90 Å². The molecule has 4 nitrogen and oxygen atoms in total. The Kier molecular flexibility index (Phi) is 4.33. The molecule has 1 heterocycles. The molecule has 4 heteroatoms. The van der Waals surface area contributed by atoms with Gasteiger partial charge in [0.1, 0.15) is 0 Å². The molecular formula is C14H20N2O2. The number of aryl methyl sites for hydroxylation is 1. The number of likely N-dealkylation sites (tertiary alicyclic amines) is 1. The SMILES string of the molecule is Cc1ccccc1NC(=O)CN1CCC[C@@H]1CO. The molecule has 1 aromatic carbocycles. The molecule has 2 rings (SSSR count). The first-order valence-electron chi connectivity index (χ1n) is 6.41. The summed E-state index contributed by atoms with van der Waals surface area (Å²) in [6.45, 7) is 3.37. The third-order valence-electron chi connectivity index (χ3n) is 3.48. The molecule has 0 bridgehead atoms. The number of nitrogens with one attached hydrogen (secondary N) is 1. The second kappa shape index (κ2) is 5.98. The summed E-state index contributed by atoms with van der Waals surface area (Å²) in [7, 11) is 0. The highest BCUT2D eigenvalue weighted by atomic mass is 16.3. The van der Waals surface area contributed by atoms with Gasteiger partial charge < -0.3 is 10.4 Å². The third-order valence-corrected chi connectivity index (χ3v) is 3.48. The van der Waals surface area contributed by atoms with Crippen LogP contribution in [-0.4, -0.2) is 41.7 Å². The molecule has 1 saturated heterocycles. The normalized spacial score (nSPS) is 20.0. The molecule has 1 atom stereocenters. The summed E-state index contributed by atoms with van der Waals surface area (Å²) >= 11 is 0. The molecule has 0 aromatic heterocycles. The van der Waals surface area contributed by atoms with E-state index in [-0.39, 0.29) is 18.6 Å². The summed E-state index contributed by atoms with van der Waals surface area (Å²) in [5.74, 6) is -0.00958. The zero-order valence-corrected chi connectivity index (χ0v) is 10.7. The van der Waals surface area contributed by atoms with Crippen molar-refractivity contribution in [2.45, 2.75) is 25.8 Å². The summed E-state index contributed by atoms with van der Waals surface area (Å²) in [6, 6.07) is 7.89. The van der Waals surface area contributed by atoms with Crippen LogP contribution in [0.25, 0.3) is 0 Å². The highest BCUT2D eigenvalue weighted by molar-refractivity contribution is 5.92. The highest BCUT2D eigenvalue weighted by Crippen LogP contribution is 2.17. The Balaban J connectivity index is 1.91. The number of hydrogen-bond donors (Lipinski definition) is 2. The van der Waals surface area contributed by atoms with E-state index in [1.807, 2.05) is 36.1 Å². The second-order valence-corrected chi connectivity index (χ2v) is 4.81. The number of rotatable bonds is 4. The van der Waals surface area contributed by atoms with Gasteiger partial charge in [-0.05, 0) is 37.9 Å². The predicted octanol–water partition coefficient (Wildman–Crippen LogP) is 1.39. The fraction of sp³-hybridized carbons (Fsp3) is 0.500. The first-order chi connectivity index (χ1) is 8.70. The number of nitrogens with zero attached hydrogens (tertiary/aromatic N) is 1. The van der Waals surface area contributed by atoms with Crippen molar-refractivity contribution in [3.63, 3.8) is 0 Å². The zero-order valence-electron chi connectivity index (χ0n) is 10.7. The average Bonchev–Trinajstić information content (AvgIpc) is 2.79. The van der Waals surface area contributed by atoms with E-state index in [1.54, 1.807) is 0 Å².